The van der Waals surface area contributed by atoms with E-state index in [0.717, 1.165) is 6.07 Å². The summed E-state index contributed by atoms with van der Waals surface area (Å²) >= 11 is 0. The lowest BCUT2D eigenvalue weighted by atomic mass is 10.1. The molecule has 0 spiro atoms. The van der Waals surface area contributed by atoms with Gasteiger partial charge in [0.05, 0.1) is 18.5 Å². The highest BCUT2D eigenvalue weighted by molar-refractivity contribution is 5.84. The molecule has 2 atom stereocenters. The number of aliphatic hydroxyl groups is 1. The largest absolute Gasteiger partial charge is 0.433 e. The summed E-state index contributed by atoms with van der Waals surface area (Å²) in [5.41, 5.74) is 0.782. The molecule has 0 aliphatic rings. The topological polar surface area (TPSA) is 101 Å². The summed E-state index contributed by atoms with van der Waals surface area (Å²) in [5, 5.41) is 16.2. The minimum Gasteiger partial charge on any atom is -0.391 e. The molecular formula is C20H26F3N7O. The highest BCUT2D eigenvalue weighted by Gasteiger charge is 2.32. The molecule has 3 rings (SSSR count). The number of pyridine rings is 1. The lowest BCUT2D eigenvalue weighted by molar-refractivity contribution is -0.141. The van der Waals surface area contributed by atoms with Crippen molar-refractivity contribution in [2.45, 2.75) is 65.0 Å². The molecule has 31 heavy (non-hydrogen) atoms. The van der Waals surface area contributed by atoms with Gasteiger partial charge in [0.2, 0.25) is 5.95 Å². The second-order valence-electron chi connectivity index (χ2n) is 7.62. The third-order valence-electron chi connectivity index (χ3n) is 4.89. The SMILES string of the molecule is CC[C@H](Nc1nc(NCc2ccc(C(F)(F)F)nc2)c2ncn(C(C)C)c2n1)[C@@H](C)O. The number of fused-ring (bicyclic) bond motifs is 1. The van der Waals surface area contributed by atoms with Crippen molar-refractivity contribution < 1.29 is 18.3 Å². The molecule has 8 nitrogen and oxygen atoms in total. The van der Waals surface area contributed by atoms with E-state index in [1.54, 1.807) is 13.3 Å². The van der Waals surface area contributed by atoms with Crippen molar-refractivity contribution in [1.82, 2.24) is 24.5 Å². The summed E-state index contributed by atoms with van der Waals surface area (Å²) in [6, 6.07) is 2.19. The standard InChI is InChI=1S/C20H26F3N7O/c1-5-14(12(4)31)27-19-28-17(16-18(29-19)30(10-26-16)11(2)3)25-9-13-6-7-15(24-8-13)20(21,22)23/h6-8,10-12,14,31H,5,9H2,1-4H3,(H2,25,27,28,29)/t12-,14+/m1/s1. The van der Waals surface area contributed by atoms with Crippen molar-refractivity contribution in [2.24, 2.45) is 0 Å². The fourth-order valence-corrected chi connectivity index (χ4v) is 3.09. The van der Waals surface area contributed by atoms with Gasteiger partial charge in [-0.25, -0.2) is 4.98 Å². The summed E-state index contributed by atoms with van der Waals surface area (Å²) in [5.74, 6) is 0.767. The van der Waals surface area contributed by atoms with Gasteiger partial charge in [-0.15, -0.1) is 0 Å². The van der Waals surface area contributed by atoms with Crippen molar-refractivity contribution in [3.05, 3.63) is 35.9 Å². The van der Waals surface area contributed by atoms with Gasteiger partial charge in [-0.1, -0.05) is 13.0 Å². The lowest BCUT2D eigenvalue weighted by Crippen LogP contribution is -2.31. The number of anilines is 2. The fourth-order valence-electron chi connectivity index (χ4n) is 3.09. The molecule has 0 bridgehead atoms. The predicted octanol–water partition coefficient (Wildman–Crippen LogP) is 4.00. The number of aromatic nitrogens is 5. The van der Waals surface area contributed by atoms with Gasteiger partial charge in [-0.05, 0) is 38.8 Å². The van der Waals surface area contributed by atoms with Crippen LogP contribution >= 0.6 is 0 Å². The van der Waals surface area contributed by atoms with E-state index >= 15 is 0 Å². The summed E-state index contributed by atoms with van der Waals surface area (Å²) in [6.07, 6.45) is -1.56. The number of rotatable bonds is 8. The van der Waals surface area contributed by atoms with E-state index in [0.29, 0.717) is 34.9 Å². The first-order chi connectivity index (χ1) is 14.6. The number of aliphatic hydroxyl groups excluding tert-OH is 1. The van der Waals surface area contributed by atoms with Crippen LogP contribution in [0, 0.1) is 0 Å². The van der Waals surface area contributed by atoms with Crippen molar-refractivity contribution in [3.8, 4) is 0 Å². The summed E-state index contributed by atoms with van der Waals surface area (Å²) < 4.78 is 40.0. The fraction of sp³-hybridized carbons (Fsp3) is 0.500. The van der Waals surface area contributed by atoms with Crippen LogP contribution in [0.5, 0.6) is 0 Å². The first-order valence-corrected chi connectivity index (χ1v) is 10.0. The molecule has 3 heterocycles. The van der Waals surface area contributed by atoms with Crippen LogP contribution in [0.15, 0.2) is 24.7 Å². The zero-order valence-corrected chi connectivity index (χ0v) is 17.8. The van der Waals surface area contributed by atoms with Crippen LogP contribution in [0.3, 0.4) is 0 Å². The van der Waals surface area contributed by atoms with E-state index in [9.17, 15) is 18.3 Å². The van der Waals surface area contributed by atoms with Crippen LogP contribution in [0.4, 0.5) is 24.9 Å². The smallest absolute Gasteiger partial charge is 0.391 e. The highest BCUT2D eigenvalue weighted by atomic mass is 19.4. The number of hydrogen-bond acceptors (Lipinski definition) is 7. The van der Waals surface area contributed by atoms with Gasteiger partial charge in [0, 0.05) is 18.8 Å². The number of halogens is 3. The Balaban J connectivity index is 1.90. The Kier molecular flexibility index (Phi) is 6.63. The third-order valence-corrected chi connectivity index (χ3v) is 4.89. The second kappa shape index (κ2) is 9.04. The molecule has 3 aromatic heterocycles. The normalized spacial score (nSPS) is 14.1. The predicted molar refractivity (Wildman–Crippen MR) is 112 cm³/mol. The average molecular weight is 437 g/mol. The van der Waals surface area contributed by atoms with Crippen LogP contribution in [-0.2, 0) is 12.7 Å². The Morgan fingerprint density at radius 3 is 2.42 bits per heavy atom. The van der Waals surface area contributed by atoms with Gasteiger partial charge >= 0.3 is 6.18 Å². The summed E-state index contributed by atoms with van der Waals surface area (Å²) in [4.78, 5) is 17.0. The third kappa shape index (κ3) is 5.22. The van der Waals surface area contributed by atoms with Gasteiger partial charge in [0.1, 0.15) is 5.69 Å². The maximum Gasteiger partial charge on any atom is 0.433 e. The first kappa shape index (κ1) is 22.7. The van der Waals surface area contributed by atoms with E-state index in [-0.39, 0.29) is 18.6 Å². The number of imidazole rings is 1. The molecule has 0 amide bonds. The monoisotopic (exact) mass is 437 g/mol. The van der Waals surface area contributed by atoms with Crippen molar-refractivity contribution in [2.75, 3.05) is 10.6 Å². The minimum absolute atomic E-state index is 0.110. The van der Waals surface area contributed by atoms with E-state index in [1.807, 2.05) is 25.3 Å². The summed E-state index contributed by atoms with van der Waals surface area (Å²) in [6.45, 7) is 7.84. The zero-order chi connectivity index (χ0) is 22.8. The molecule has 0 unspecified atom stereocenters. The number of nitrogens with zero attached hydrogens (tertiary/aromatic N) is 5. The van der Waals surface area contributed by atoms with E-state index in [4.69, 9.17) is 0 Å². The van der Waals surface area contributed by atoms with Crippen LogP contribution < -0.4 is 10.6 Å². The zero-order valence-electron chi connectivity index (χ0n) is 17.8. The van der Waals surface area contributed by atoms with Crippen LogP contribution in [-0.4, -0.2) is 41.8 Å². The quantitative estimate of drug-likeness (QED) is 0.490. The number of hydrogen-bond donors (Lipinski definition) is 3. The van der Waals surface area contributed by atoms with Gasteiger partial charge in [-0.2, -0.15) is 23.1 Å². The van der Waals surface area contributed by atoms with Gasteiger partial charge in [0.25, 0.3) is 0 Å². The Morgan fingerprint density at radius 2 is 1.87 bits per heavy atom. The molecule has 168 valence electrons. The van der Waals surface area contributed by atoms with E-state index < -0.39 is 18.0 Å². The number of alkyl halides is 3. The maximum atomic E-state index is 12.7. The lowest BCUT2D eigenvalue weighted by Gasteiger charge is -2.20. The molecule has 0 radical (unpaired) electrons. The molecule has 11 heteroatoms. The molecule has 3 aromatic rings. The van der Waals surface area contributed by atoms with E-state index in [1.165, 1.54) is 12.3 Å². The molecular weight excluding hydrogens is 411 g/mol. The summed E-state index contributed by atoms with van der Waals surface area (Å²) in [7, 11) is 0. The molecule has 0 aliphatic carbocycles. The van der Waals surface area contributed by atoms with Crippen LogP contribution in [0.25, 0.3) is 11.2 Å². The van der Waals surface area contributed by atoms with Crippen molar-refractivity contribution >= 4 is 22.9 Å². The molecule has 0 aliphatic heterocycles. The van der Waals surface area contributed by atoms with Crippen LogP contribution in [0.2, 0.25) is 0 Å². The van der Waals surface area contributed by atoms with Gasteiger partial charge in [-0.3, -0.25) is 4.98 Å². The number of nitrogens with one attached hydrogen (secondary N) is 2. The molecule has 3 N–H and O–H groups in total. The minimum atomic E-state index is -4.48. The van der Waals surface area contributed by atoms with Crippen molar-refractivity contribution in [3.63, 3.8) is 0 Å². The van der Waals surface area contributed by atoms with Crippen molar-refractivity contribution in [1.29, 1.82) is 0 Å². The Labute approximate surface area is 178 Å². The first-order valence-electron chi connectivity index (χ1n) is 10.0. The average Bonchev–Trinajstić information content (AvgIpc) is 3.14. The van der Waals surface area contributed by atoms with Gasteiger partial charge < -0.3 is 20.3 Å². The van der Waals surface area contributed by atoms with Gasteiger partial charge in [0.15, 0.2) is 17.0 Å². The Hall–Kier alpha value is -2.95. The molecule has 0 saturated carbocycles. The molecule has 0 aromatic carbocycles. The van der Waals surface area contributed by atoms with Crippen LogP contribution in [0.1, 0.15) is 51.4 Å². The Bertz CT molecular complexity index is 1020. The molecule has 0 fully saturated rings. The maximum absolute atomic E-state index is 12.7. The highest BCUT2D eigenvalue weighted by Crippen LogP contribution is 2.28. The second-order valence-corrected chi connectivity index (χ2v) is 7.62. The van der Waals surface area contributed by atoms with E-state index in [2.05, 4.69) is 30.6 Å². The Morgan fingerprint density at radius 1 is 1.13 bits per heavy atom. The molecule has 0 saturated heterocycles.